The molecule has 1 aliphatic heterocycles. The molecule has 1 atom stereocenters. The number of hydrogen-bond donors (Lipinski definition) is 0. The molecule has 0 saturated carbocycles. The van der Waals surface area contributed by atoms with Gasteiger partial charge in [0.05, 0.1) is 6.10 Å². The second-order valence-corrected chi connectivity index (χ2v) is 7.76. The van der Waals surface area contributed by atoms with Crippen molar-refractivity contribution in [2.24, 2.45) is 0 Å². The van der Waals surface area contributed by atoms with Gasteiger partial charge in [-0.05, 0) is 54.3 Å². The van der Waals surface area contributed by atoms with Gasteiger partial charge in [0.15, 0.2) is 0 Å². The molecule has 2 aromatic carbocycles. The van der Waals surface area contributed by atoms with Crippen LogP contribution in [0.5, 0.6) is 0 Å². The van der Waals surface area contributed by atoms with Gasteiger partial charge in [-0.15, -0.1) is 0 Å². The lowest BCUT2D eigenvalue weighted by atomic mass is 10.1. The second kappa shape index (κ2) is 9.61. The molecule has 3 nitrogen and oxygen atoms in total. The van der Waals surface area contributed by atoms with Crippen molar-refractivity contribution in [1.82, 2.24) is 4.90 Å². The highest BCUT2D eigenvalue weighted by Crippen LogP contribution is 2.22. The fourth-order valence-corrected chi connectivity index (χ4v) is 3.58. The molecule has 1 amide bonds. The van der Waals surface area contributed by atoms with E-state index in [0.29, 0.717) is 28.2 Å². The molecule has 1 heterocycles. The molecule has 1 saturated heterocycles. The summed E-state index contributed by atoms with van der Waals surface area (Å²) < 4.78 is 5.71. The van der Waals surface area contributed by atoms with Gasteiger partial charge in [0.1, 0.15) is 0 Å². The van der Waals surface area contributed by atoms with Crippen LogP contribution in [0.3, 0.4) is 0 Å². The molecule has 142 valence electrons. The Morgan fingerprint density at radius 2 is 1.85 bits per heavy atom. The minimum Gasteiger partial charge on any atom is -0.376 e. The van der Waals surface area contributed by atoms with E-state index in [4.69, 9.17) is 39.5 Å². The number of ether oxygens (including phenoxy) is 1. The molecule has 0 N–H and O–H groups in total. The summed E-state index contributed by atoms with van der Waals surface area (Å²) in [6.45, 7) is 1.80. The van der Waals surface area contributed by atoms with Crippen LogP contribution < -0.4 is 0 Å². The molecule has 3 rings (SSSR count). The number of carbonyl (C=O) groups excluding carboxylic acids is 1. The predicted octanol–water partition coefficient (Wildman–Crippen LogP) is 5.87. The third-order valence-electron chi connectivity index (χ3n) is 4.41. The minimum absolute atomic E-state index is 0.0776. The van der Waals surface area contributed by atoms with Crippen LogP contribution in [0.2, 0.25) is 15.1 Å². The number of amides is 1. The molecule has 1 aliphatic rings. The summed E-state index contributed by atoms with van der Waals surface area (Å²) in [7, 11) is 0. The molecular weight excluding hydrogens is 405 g/mol. The summed E-state index contributed by atoms with van der Waals surface area (Å²) >= 11 is 18.1. The molecule has 0 aliphatic carbocycles. The van der Waals surface area contributed by atoms with Crippen LogP contribution in [0.15, 0.2) is 48.5 Å². The monoisotopic (exact) mass is 423 g/mol. The number of rotatable bonds is 6. The lowest BCUT2D eigenvalue weighted by Crippen LogP contribution is -2.35. The average molecular weight is 425 g/mol. The Balaban J connectivity index is 1.74. The number of carbonyl (C=O) groups is 1. The first kappa shape index (κ1) is 20.2. The van der Waals surface area contributed by atoms with E-state index in [-0.39, 0.29) is 12.0 Å². The normalized spacial score (nSPS) is 16.8. The van der Waals surface area contributed by atoms with E-state index in [2.05, 4.69) is 0 Å². The molecule has 1 fully saturated rings. The molecule has 0 radical (unpaired) electrons. The minimum atomic E-state index is -0.0912. The van der Waals surface area contributed by atoms with Crippen LogP contribution in [0, 0.1) is 0 Å². The Morgan fingerprint density at radius 1 is 1.11 bits per heavy atom. The van der Waals surface area contributed by atoms with E-state index in [1.54, 1.807) is 35.3 Å². The largest absolute Gasteiger partial charge is 0.376 e. The van der Waals surface area contributed by atoms with Crippen molar-refractivity contribution >= 4 is 46.8 Å². The van der Waals surface area contributed by atoms with Crippen LogP contribution >= 0.6 is 34.8 Å². The Hall–Kier alpha value is -1.52. The fraction of sp³-hybridized carbons (Fsp3) is 0.286. The van der Waals surface area contributed by atoms with Gasteiger partial charge in [0.2, 0.25) is 5.91 Å². The topological polar surface area (TPSA) is 29.5 Å². The molecule has 1 unspecified atom stereocenters. The van der Waals surface area contributed by atoms with E-state index in [0.717, 1.165) is 30.6 Å². The number of benzene rings is 2. The summed E-state index contributed by atoms with van der Waals surface area (Å²) in [5.74, 6) is -0.0912. The quantitative estimate of drug-likeness (QED) is 0.543. The third kappa shape index (κ3) is 5.98. The summed E-state index contributed by atoms with van der Waals surface area (Å²) in [4.78, 5) is 14.6. The van der Waals surface area contributed by atoms with Gasteiger partial charge < -0.3 is 9.64 Å². The smallest absolute Gasteiger partial charge is 0.246 e. The van der Waals surface area contributed by atoms with Gasteiger partial charge in [0, 0.05) is 40.8 Å². The van der Waals surface area contributed by atoms with Crippen LogP contribution in [-0.2, 0) is 16.1 Å². The fourth-order valence-electron chi connectivity index (χ4n) is 2.98. The van der Waals surface area contributed by atoms with Gasteiger partial charge in [-0.3, -0.25) is 4.79 Å². The summed E-state index contributed by atoms with van der Waals surface area (Å²) in [6.07, 6.45) is 5.33. The van der Waals surface area contributed by atoms with Crippen molar-refractivity contribution in [1.29, 1.82) is 0 Å². The highest BCUT2D eigenvalue weighted by Gasteiger charge is 2.21. The van der Waals surface area contributed by atoms with E-state index < -0.39 is 0 Å². The van der Waals surface area contributed by atoms with Gasteiger partial charge >= 0.3 is 0 Å². The van der Waals surface area contributed by atoms with Crippen molar-refractivity contribution in [2.75, 3.05) is 13.2 Å². The van der Waals surface area contributed by atoms with Crippen molar-refractivity contribution in [3.8, 4) is 0 Å². The number of hydrogen-bond acceptors (Lipinski definition) is 2. The Labute approximate surface area is 174 Å². The second-order valence-electron chi connectivity index (χ2n) is 6.48. The molecule has 0 bridgehead atoms. The van der Waals surface area contributed by atoms with Crippen molar-refractivity contribution in [3.05, 3.63) is 74.7 Å². The molecule has 0 aromatic heterocycles. The van der Waals surface area contributed by atoms with Crippen molar-refractivity contribution in [3.63, 3.8) is 0 Å². The van der Waals surface area contributed by atoms with Gasteiger partial charge in [-0.1, -0.05) is 53.0 Å². The Kier molecular flexibility index (Phi) is 7.20. The van der Waals surface area contributed by atoms with Gasteiger partial charge in [-0.25, -0.2) is 0 Å². The highest BCUT2D eigenvalue weighted by atomic mass is 35.5. The van der Waals surface area contributed by atoms with E-state index >= 15 is 0 Å². The molecule has 2 aromatic rings. The maximum atomic E-state index is 12.8. The lowest BCUT2D eigenvalue weighted by molar-refractivity contribution is -0.128. The van der Waals surface area contributed by atoms with Crippen LogP contribution in [-0.4, -0.2) is 30.1 Å². The van der Waals surface area contributed by atoms with Crippen LogP contribution in [0.4, 0.5) is 0 Å². The molecule has 6 heteroatoms. The Bertz CT molecular complexity index is 815. The molecule has 27 heavy (non-hydrogen) atoms. The summed E-state index contributed by atoms with van der Waals surface area (Å²) in [5.41, 5.74) is 1.77. The Morgan fingerprint density at radius 3 is 2.52 bits per heavy atom. The maximum Gasteiger partial charge on any atom is 0.246 e. The highest BCUT2D eigenvalue weighted by molar-refractivity contribution is 6.35. The van der Waals surface area contributed by atoms with Gasteiger partial charge in [-0.2, -0.15) is 0 Å². The SMILES string of the molecule is O=C(/C=C/c1ccc(Cl)cc1Cl)N(Cc1ccc(Cl)cc1)CC1CCCO1. The van der Waals surface area contributed by atoms with Gasteiger partial charge in [0.25, 0.3) is 0 Å². The van der Waals surface area contributed by atoms with Crippen LogP contribution in [0.25, 0.3) is 6.08 Å². The van der Waals surface area contributed by atoms with Crippen molar-refractivity contribution < 1.29 is 9.53 Å². The van der Waals surface area contributed by atoms with Crippen LogP contribution in [0.1, 0.15) is 24.0 Å². The molecule has 0 spiro atoms. The average Bonchev–Trinajstić information content (AvgIpc) is 3.15. The summed E-state index contributed by atoms with van der Waals surface area (Å²) in [5, 5.41) is 1.74. The number of halogens is 3. The predicted molar refractivity (Wildman–Crippen MR) is 111 cm³/mol. The zero-order chi connectivity index (χ0) is 19.2. The van der Waals surface area contributed by atoms with E-state index in [1.165, 1.54) is 0 Å². The maximum absolute atomic E-state index is 12.8. The summed E-state index contributed by atoms with van der Waals surface area (Å²) in [6, 6.07) is 12.7. The zero-order valence-electron chi connectivity index (χ0n) is 14.7. The van der Waals surface area contributed by atoms with E-state index in [9.17, 15) is 4.79 Å². The number of nitrogens with zero attached hydrogens (tertiary/aromatic N) is 1. The first-order valence-electron chi connectivity index (χ1n) is 8.79. The van der Waals surface area contributed by atoms with Crippen molar-refractivity contribution in [2.45, 2.75) is 25.5 Å². The zero-order valence-corrected chi connectivity index (χ0v) is 17.0. The first-order valence-corrected chi connectivity index (χ1v) is 9.93. The first-order chi connectivity index (χ1) is 13.0. The molecular formula is C21H20Cl3NO2. The standard InChI is InChI=1S/C21H20Cl3NO2/c22-17-7-3-15(4-8-17)13-25(14-19-2-1-11-27-19)21(26)10-6-16-5-9-18(23)12-20(16)24/h3-10,12,19H,1-2,11,13-14H2/b10-6+. The third-order valence-corrected chi connectivity index (χ3v) is 5.23. The van der Waals surface area contributed by atoms with E-state index in [1.807, 2.05) is 24.3 Å². The lowest BCUT2D eigenvalue weighted by Gasteiger charge is -2.24.